The third-order valence-electron chi connectivity index (χ3n) is 4.98. The summed E-state index contributed by atoms with van der Waals surface area (Å²) in [6.45, 7) is 1.78. The Labute approximate surface area is 173 Å². The lowest BCUT2D eigenvalue weighted by molar-refractivity contribution is 0.0921. The van der Waals surface area contributed by atoms with Crippen molar-refractivity contribution in [1.29, 1.82) is 0 Å². The Bertz CT molecular complexity index is 1250. The third kappa shape index (κ3) is 3.82. The van der Waals surface area contributed by atoms with Gasteiger partial charge in [-0.3, -0.25) is 4.79 Å². The molecule has 0 N–H and O–H groups in total. The number of benzene rings is 3. The Hall–Kier alpha value is -3.86. The minimum atomic E-state index is -0.405. The standard InChI is InChI=1S/C25H20O5/c1-16-21-13-12-20(29-15-22(26)17-8-10-19(28-2)11-9-17)14-23(21)30-25(27)24(16)18-6-4-3-5-7-18/h3-14H,15H2,1-2H3. The molecule has 30 heavy (non-hydrogen) atoms. The van der Waals surface area contributed by atoms with Crippen LogP contribution in [-0.2, 0) is 0 Å². The first kappa shape index (κ1) is 19.5. The van der Waals surface area contributed by atoms with E-state index in [1.165, 1.54) is 0 Å². The van der Waals surface area contributed by atoms with Gasteiger partial charge in [-0.1, -0.05) is 30.3 Å². The predicted octanol–water partition coefficient (Wildman–Crippen LogP) is 5.04. The smallest absolute Gasteiger partial charge is 0.344 e. The van der Waals surface area contributed by atoms with E-state index in [1.807, 2.05) is 43.3 Å². The minimum Gasteiger partial charge on any atom is -0.497 e. The van der Waals surface area contributed by atoms with Crippen molar-refractivity contribution < 1.29 is 18.7 Å². The van der Waals surface area contributed by atoms with Crippen LogP contribution in [0.15, 0.2) is 82.0 Å². The van der Waals surface area contributed by atoms with Gasteiger partial charge in [0.15, 0.2) is 12.4 Å². The highest BCUT2D eigenvalue weighted by molar-refractivity contribution is 5.97. The molecule has 5 nitrogen and oxygen atoms in total. The molecule has 1 heterocycles. The average molecular weight is 400 g/mol. The number of carbonyl (C=O) groups is 1. The number of ketones is 1. The fraction of sp³-hybridized carbons (Fsp3) is 0.120. The number of hydrogen-bond donors (Lipinski definition) is 0. The van der Waals surface area contributed by atoms with Crippen molar-refractivity contribution in [1.82, 2.24) is 0 Å². The van der Waals surface area contributed by atoms with E-state index in [1.54, 1.807) is 43.5 Å². The molecule has 0 saturated carbocycles. The Morgan fingerprint density at radius 3 is 2.33 bits per heavy atom. The first-order valence-electron chi connectivity index (χ1n) is 9.50. The fourth-order valence-electron chi connectivity index (χ4n) is 3.37. The van der Waals surface area contributed by atoms with Crippen LogP contribution >= 0.6 is 0 Å². The van der Waals surface area contributed by atoms with Crippen molar-refractivity contribution in [3.8, 4) is 22.6 Å². The zero-order valence-corrected chi connectivity index (χ0v) is 16.7. The summed E-state index contributed by atoms with van der Waals surface area (Å²) in [7, 11) is 1.57. The van der Waals surface area contributed by atoms with Gasteiger partial charge in [0.25, 0.3) is 0 Å². The van der Waals surface area contributed by atoms with Crippen LogP contribution in [0.1, 0.15) is 15.9 Å². The second-order valence-electron chi connectivity index (χ2n) is 6.85. The fourth-order valence-corrected chi connectivity index (χ4v) is 3.37. The van der Waals surface area contributed by atoms with Crippen molar-refractivity contribution >= 4 is 16.8 Å². The van der Waals surface area contributed by atoms with Crippen LogP contribution in [0, 0.1) is 6.92 Å². The van der Waals surface area contributed by atoms with Crippen LogP contribution in [-0.4, -0.2) is 19.5 Å². The van der Waals surface area contributed by atoms with Crippen LogP contribution in [0.25, 0.3) is 22.1 Å². The average Bonchev–Trinajstić information content (AvgIpc) is 2.78. The molecule has 150 valence electrons. The summed E-state index contributed by atoms with van der Waals surface area (Å²) in [4.78, 5) is 24.9. The number of rotatable bonds is 6. The van der Waals surface area contributed by atoms with E-state index in [2.05, 4.69) is 0 Å². The van der Waals surface area contributed by atoms with E-state index in [9.17, 15) is 9.59 Å². The zero-order chi connectivity index (χ0) is 21.1. The molecule has 0 aliphatic heterocycles. The molecular formula is C25H20O5. The topological polar surface area (TPSA) is 65.7 Å². The largest absolute Gasteiger partial charge is 0.497 e. The molecule has 0 aliphatic carbocycles. The highest BCUT2D eigenvalue weighted by atomic mass is 16.5. The van der Waals surface area contributed by atoms with E-state index >= 15 is 0 Å². The van der Waals surface area contributed by atoms with Gasteiger partial charge in [-0.25, -0.2) is 4.79 Å². The van der Waals surface area contributed by atoms with Crippen molar-refractivity contribution in [3.05, 3.63) is 94.3 Å². The molecule has 0 aliphatic rings. The quantitative estimate of drug-likeness (QED) is 0.335. The van der Waals surface area contributed by atoms with Crippen molar-refractivity contribution in [2.24, 2.45) is 0 Å². The first-order chi connectivity index (χ1) is 14.6. The number of aryl methyl sites for hydroxylation is 1. The summed E-state index contributed by atoms with van der Waals surface area (Å²) in [6.07, 6.45) is 0. The van der Waals surface area contributed by atoms with Gasteiger partial charge in [-0.05, 0) is 54.4 Å². The second kappa shape index (κ2) is 8.25. The van der Waals surface area contributed by atoms with Gasteiger partial charge in [0, 0.05) is 17.0 Å². The maximum atomic E-state index is 12.6. The molecule has 0 unspecified atom stereocenters. The molecule has 0 saturated heterocycles. The number of carbonyl (C=O) groups excluding carboxylic acids is 1. The first-order valence-corrected chi connectivity index (χ1v) is 9.50. The molecular weight excluding hydrogens is 380 g/mol. The summed E-state index contributed by atoms with van der Waals surface area (Å²) in [5, 5.41) is 0.822. The van der Waals surface area contributed by atoms with E-state index < -0.39 is 5.63 Å². The third-order valence-corrected chi connectivity index (χ3v) is 4.98. The molecule has 0 radical (unpaired) electrons. The van der Waals surface area contributed by atoms with E-state index in [0.717, 1.165) is 16.5 Å². The van der Waals surface area contributed by atoms with Gasteiger partial charge >= 0.3 is 5.63 Å². The van der Waals surface area contributed by atoms with Crippen molar-refractivity contribution in [2.75, 3.05) is 13.7 Å². The number of hydrogen-bond acceptors (Lipinski definition) is 5. The second-order valence-corrected chi connectivity index (χ2v) is 6.85. The Morgan fingerprint density at radius 1 is 0.933 bits per heavy atom. The van der Waals surface area contributed by atoms with Gasteiger partial charge in [-0.2, -0.15) is 0 Å². The lowest BCUT2D eigenvalue weighted by atomic mass is 10.00. The lowest BCUT2D eigenvalue weighted by Gasteiger charge is -2.10. The number of ether oxygens (including phenoxy) is 2. The van der Waals surface area contributed by atoms with E-state index in [-0.39, 0.29) is 12.4 Å². The van der Waals surface area contributed by atoms with Gasteiger partial charge in [-0.15, -0.1) is 0 Å². The zero-order valence-electron chi connectivity index (χ0n) is 16.7. The van der Waals surface area contributed by atoms with E-state index in [4.69, 9.17) is 13.9 Å². The van der Waals surface area contributed by atoms with Crippen LogP contribution in [0.2, 0.25) is 0 Å². The van der Waals surface area contributed by atoms with Crippen LogP contribution < -0.4 is 15.1 Å². The molecule has 0 atom stereocenters. The summed E-state index contributed by atoms with van der Waals surface area (Å²) >= 11 is 0. The van der Waals surface area contributed by atoms with Crippen molar-refractivity contribution in [3.63, 3.8) is 0 Å². The maximum Gasteiger partial charge on any atom is 0.344 e. The molecule has 1 aromatic heterocycles. The Morgan fingerprint density at radius 2 is 1.63 bits per heavy atom. The monoisotopic (exact) mass is 400 g/mol. The maximum absolute atomic E-state index is 12.6. The minimum absolute atomic E-state index is 0.122. The number of Topliss-reactive ketones (excluding diaryl/α,β-unsaturated/α-hetero) is 1. The Balaban J connectivity index is 1.58. The number of methoxy groups -OCH3 is 1. The van der Waals surface area contributed by atoms with Crippen LogP contribution in [0.3, 0.4) is 0 Å². The van der Waals surface area contributed by atoms with Crippen molar-refractivity contribution in [2.45, 2.75) is 6.92 Å². The lowest BCUT2D eigenvalue weighted by Crippen LogP contribution is -2.11. The molecule has 5 heteroatoms. The summed E-state index contributed by atoms with van der Waals surface area (Å²) in [5.74, 6) is 0.983. The van der Waals surface area contributed by atoms with Gasteiger partial charge in [0.1, 0.15) is 17.1 Å². The number of fused-ring (bicyclic) bond motifs is 1. The molecule has 0 amide bonds. The molecule has 0 bridgehead atoms. The summed E-state index contributed by atoms with van der Waals surface area (Å²) < 4.78 is 16.3. The molecule has 4 rings (SSSR count). The van der Waals surface area contributed by atoms with Crippen LogP contribution in [0.4, 0.5) is 0 Å². The van der Waals surface area contributed by atoms with Gasteiger partial charge < -0.3 is 13.9 Å². The van der Waals surface area contributed by atoms with E-state index in [0.29, 0.717) is 28.2 Å². The van der Waals surface area contributed by atoms with Gasteiger partial charge in [0.05, 0.1) is 12.7 Å². The molecule has 4 aromatic rings. The van der Waals surface area contributed by atoms with Gasteiger partial charge in [0.2, 0.25) is 0 Å². The molecule has 0 spiro atoms. The highest BCUT2D eigenvalue weighted by Gasteiger charge is 2.14. The Kier molecular flexibility index (Phi) is 5.35. The molecule has 3 aromatic carbocycles. The SMILES string of the molecule is COc1ccc(C(=O)COc2ccc3c(C)c(-c4ccccc4)c(=O)oc3c2)cc1. The molecule has 0 fully saturated rings. The normalized spacial score (nSPS) is 10.7. The summed E-state index contributed by atoms with van der Waals surface area (Å²) in [6, 6.07) is 21.5. The van der Waals surface area contributed by atoms with Crippen LogP contribution in [0.5, 0.6) is 11.5 Å². The predicted molar refractivity (Wildman–Crippen MR) is 115 cm³/mol. The summed E-state index contributed by atoms with van der Waals surface area (Å²) in [5.41, 5.74) is 2.76. The highest BCUT2D eigenvalue weighted by Crippen LogP contribution is 2.29.